The van der Waals surface area contributed by atoms with Gasteiger partial charge in [-0.1, -0.05) is 36.2 Å². The maximum absolute atomic E-state index is 11.2. The van der Waals surface area contributed by atoms with Gasteiger partial charge in [0.2, 0.25) is 0 Å². The Labute approximate surface area is 109 Å². The van der Waals surface area contributed by atoms with E-state index in [0.29, 0.717) is 19.4 Å². The lowest BCUT2D eigenvalue weighted by atomic mass is 9.94. The Bertz CT molecular complexity index is 357. The van der Waals surface area contributed by atoms with Gasteiger partial charge in [-0.3, -0.25) is 4.79 Å². The number of carboxylic acid groups (broad SMARTS) is 1. The Hall–Kier alpha value is -1.35. The summed E-state index contributed by atoms with van der Waals surface area (Å²) in [5.41, 5.74) is 2.30. The Morgan fingerprint density at radius 2 is 1.94 bits per heavy atom. The molecule has 18 heavy (non-hydrogen) atoms. The third-order valence-electron chi connectivity index (χ3n) is 3.10. The van der Waals surface area contributed by atoms with Crippen molar-refractivity contribution in [2.45, 2.75) is 32.6 Å². The van der Waals surface area contributed by atoms with Crippen LogP contribution in [0.5, 0.6) is 0 Å². The predicted molar refractivity (Wildman–Crippen MR) is 71.7 cm³/mol. The maximum Gasteiger partial charge on any atom is 0.306 e. The number of aryl methyl sites for hydroxylation is 1. The molecule has 3 nitrogen and oxygen atoms in total. The van der Waals surface area contributed by atoms with Crippen molar-refractivity contribution < 1.29 is 14.6 Å². The van der Waals surface area contributed by atoms with E-state index < -0.39 is 5.97 Å². The number of aliphatic carboxylic acids is 1. The minimum absolute atomic E-state index is 0.287. The average Bonchev–Trinajstić information content (AvgIpc) is 2.35. The highest BCUT2D eigenvalue weighted by Crippen LogP contribution is 2.16. The lowest BCUT2D eigenvalue weighted by Crippen LogP contribution is -2.16. The molecule has 100 valence electrons. The van der Waals surface area contributed by atoms with Crippen molar-refractivity contribution >= 4 is 5.97 Å². The Morgan fingerprint density at radius 3 is 2.50 bits per heavy atom. The largest absolute Gasteiger partial charge is 0.481 e. The van der Waals surface area contributed by atoms with Crippen LogP contribution in [0, 0.1) is 12.8 Å². The number of carbonyl (C=O) groups is 1. The molecule has 1 aromatic carbocycles. The first-order chi connectivity index (χ1) is 8.63. The zero-order valence-corrected chi connectivity index (χ0v) is 11.2. The van der Waals surface area contributed by atoms with Crippen molar-refractivity contribution in [2.24, 2.45) is 5.92 Å². The van der Waals surface area contributed by atoms with E-state index in [4.69, 9.17) is 4.74 Å². The predicted octanol–water partition coefficient (Wildman–Crippen LogP) is 3.06. The summed E-state index contributed by atoms with van der Waals surface area (Å²) in [5, 5.41) is 9.21. The first kappa shape index (κ1) is 14.7. The van der Waals surface area contributed by atoms with Crippen LogP contribution >= 0.6 is 0 Å². The average molecular weight is 250 g/mol. The van der Waals surface area contributed by atoms with Gasteiger partial charge in [-0.25, -0.2) is 0 Å². The van der Waals surface area contributed by atoms with E-state index in [1.54, 1.807) is 7.11 Å². The Balaban J connectivity index is 2.47. The second kappa shape index (κ2) is 7.88. The molecule has 0 fully saturated rings. The van der Waals surface area contributed by atoms with Crippen LogP contribution in [0.15, 0.2) is 24.3 Å². The summed E-state index contributed by atoms with van der Waals surface area (Å²) in [6, 6.07) is 8.08. The van der Waals surface area contributed by atoms with E-state index in [-0.39, 0.29) is 5.92 Å². The molecule has 1 atom stereocenters. The molecule has 0 radical (unpaired) electrons. The van der Waals surface area contributed by atoms with Crippen molar-refractivity contribution in [1.29, 1.82) is 0 Å². The molecule has 0 saturated carbocycles. The third-order valence-corrected chi connectivity index (χ3v) is 3.10. The lowest BCUT2D eigenvalue weighted by molar-refractivity contribution is -0.142. The van der Waals surface area contributed by atoms with Crippen LogP contribution in [0.4, 0.5) is 0 Å². The first-order valence-electron chi connectivity index (χ1n) is 6.40. The van der Waals surface area contributed by atoms with Gasteiger partial charge >= 0.3 is 5.97 Å². The molecular formula is C15H22O3. The van der Waals surface area contributed by atoms with E-state index in [1.165, 1.54) is 5.56 Å². The fraction of sp³-hybridized carbons (Fsp3) is 0.533. The molecule has 0 aliphatic rings. The highest BCUT2D eigenvalue weighted by molar-refractivity contribution is 5.70. The molecule has 0 bridgehead atoms. The molecule has 0 saturated heterocycles. The van der Waals surface area contributed by atoms with Crippen LogP contribution in [0.25, 0.3) is 0 Å². The van der Waals surface area contributed by atoms with E-state index in [0.717, 1.165) is 18.4 Å². The highest BCUT2D eigenvalue weighted by atomic mass is 16.5. The molecule has 1 aromatic rings. The second-order valence-corrected chi connectivity index (χ2v) is 4.71. The molecular weight excluding hydrogens is 228 g/mol. The van der Waals surface area contributed by atoms with E-state index >= 15 is 0 Å². The molecule has 1 rings (SSSR count). The van der Waals surface area contributed by atoms with Crippen molar-refractivity contribution in [3.8, 4) is 0 Å². The van der Waals surface area contributed by atoms with Crippen LogP contribution in [0.2, 0.25) is 0 Å². The fourth-order valence-electron chi connectivity index (χ4n) is 1.96. The highest BCUT2D eigenvalue weighted by Gasteiger charge is 2.17. The van der Waals surface area contributed by atoms with E-state index in [2.05, 4.69) is 0 Å². The molecule has 0 amide bonds. The molecule has 0 heterocycles. The van der Waals surface area contributed by atoms with Crippen molar-refractivity contribution in [2.75, 3.05) is 13.7 Å². The van der Waals surface area contributed by atoms with Gasteiger partial charge in [0.15, 0.2) is 0 Å². The summed E-state index contributed by atoms with van der Waals surface area (Å²) in [4.78, 5) is 11.2. The van der Waals surface area contributed by atoms with Crippen LogP contribution in [-0.4, -0.2) is 24.8 Å². The lowest BCUT2D eigenvalue weighted by Gasteiger charge is -2.12. The zero-order chi connectivity index (χ0) is 13.4. The third kappa shape index (κ3) is 5.32. The van der Waals surface area contributed by atoms with E-state index in [1.807, 2.05) is 31.2 Å². The summed E-state index contributed by atoms with van der Waals surface area (Å²) in [6.45, 7) is 2.74. The fourth-order valence-corrected chi connectivity index (χ4v) is 1.96. The molecule has 1 unspecified atom stereocenters. The molecule has 0 aliphatic carbocycles. The minimum atomic E-state index is -0.701. The van der Waals surface area contributed by atoms with Crippen molar-refractivity contribution in [1.82, 2.24) is 0 Å². The number of carboxylic acids is 1. The van der Waals surface area contributed by atoms with Crippen LogP contribution < -0.4 is 0 Å². The minimum Gasteiger partial charge on any atom is -0.481 e. The van der Waals surface area contributed by atoms with Crippen molar-refractivity contribution in [3.63, 3.8) is 0 Å². The normalized spacial score (nSPS) is 12.3. The smallest absolute Gasteiger partial charge is 0.306 e. The van der Waals surface area contributed by atoms with Crippen LogP contribution in [0.3, 0.4) is 0 Å². The Kier molecular flexibility index (Phi) is 6.44. The second-order valence-electron chi connectivity index (χ2n) is 4.71. The molecule has 1 N–H and O–H groups in total. The van der Waals surface area contributed by atoms with Gasteiger partial charge in [-0.05, 0) is 31.7 Å². The number of hydrogen-bond donors (Lipinski definition) is 1. The molecule has 0 aromatic heterocycles. The van der Waals surface area contributed by atoms with Gasteiger partial charge in [0.25, 0.3) is 0 Å². The monoisotopic (exact) mass is 250 g/mol. The van der Waals surface area contributed by atoms with Crippen LogP contribution in [-0.2, 0) is 16.0 Å². The quantitative estimate of drug-likeness (QED) is 0.721. The summed E-state index contributed by atoms with van der Waals surface area (Å²) in [6.07, 6.45) is 3.15. The maximum atomic E-state index is 11.2. The number of rotatable bonds is 8. The van der Waals surface area contributed by atoms with Gasteiger partial charge in [-0.2, -0.15) is 0 Å². The van der Waals surface area contributed by atoms with Gasteiger partial charge in [0.1, 0.15) is 0 Å². The number of benzene rings is 1. The topological polar surface area (TPSA) is 46.5 Å². The first-order valence-corrected chi connectivity index (χ1v) is 6.40. The standard InChI is InChI=1S/C15H22O3/c1-12-6-8-13(9-7-12)11-14(15(16)17)5-3-4-10-18-2/h6-9,14H,3-5,10-11H2,1-2H3,(H,16,17). The van der Waals surface area contributed by atoms with Gasteiger partial charge < -0.3 is 9.84 Å². The summed E-state index contributed by atoms with van der Waals surface area (Å²) in [7, 11) is 1.67. The number of methoxy groups -OCH3 is 1. The SMILES string of the molecule is COCCCCC(Cc1ccc(C)cc1)C(=O)O. The summed E-state index contributed by atoms with van der Waals surface area (Å²) < 4.78 is 4.97. The number of unbranched alkanes of at least 4 members (excludes halogenated alkanes) is 1. The van der Waals surface area contributed by atoms with Gasteiger partial charge in [0.05, 0.1) is 5.92 Å². The van der Waals surface area contributed by atoms with Crippen LogP contribution in [0.1, 0.15) is 30.4 Å². The Morgan fingerprint density at radius 1 is 1.28 bits per heavy atom. The molecule has 3 heteroatoms. The van der Waals surface area contributed by atoms with Gasteiger partial charge in [-0.15, -0.1) is 0 Å². The van der Waals surface area contributed by atoms with E-state index in [9.17, 15) is 9.90 Å². The number of hydrogen-bond acceptors (Lipinski definition) is 2. The van der Waals surface area contributed by atoms with Gasteiger partial charge in [0, 0.05) is 13.7 Å². The summed E-state index contributed by atoms with van der Waals surface area (Å²) in [5.74, 6) is -0.988. The zero-order valence-electron chi connectivity index (χ0n) is 11.2. The summed E-state index contributed by atoms with van der Waals surface area (Å²) >= 11 is 0. The molecule has 0 aliphatic heterocycles. The number of ether oxygens (including phenoxy) is 1. The van der Waals surface area contributed by atoms with Crippen molar-refractivity contribution in [3.05, 3.63) is 35.4 Å². The molecule has 0 spiro atoms.